The first-order valence-electron chi connectivity index (χ1n) is 10.2. The van der Waals surface area contributed by atoms with E-state index >= 15 is 0 Å². The summed E-state index contributed by atoms with van der Waals surface area (Å²) in [5.41, 5.74) is 1.70. The Balaban J connectivity index is 1.51. The van der Waals surface area contributed by atoms with E-state index in [0.29, 0.717) is 35.3 Å². The van der Waals surface area contributed by atoms with Gasteiger partial charge in [-0.05, 0) is 35.4 Å². The molecule has 1 atom stereocenters. The van der Waals surface area contributed by atoms with Gasteiger partial charge in [0.15, 0.2) is 0 Å². The third-order valence-corrected chi connectivity index (χ3v) is 7.73. The quantitative estimate of drug-likeness (QED) is 0.603. The van der Waals surface area contributed by atoms with Crippen LogP contribution < -0.4 is 5.32 Å². The molecule has 2 aromatic rings. The molecule has 1 N–H and O–H groups in total. The van der Waals surface area contributed by atoms with Crippen molar-refractivity contribution in [1.29, 1.82) is 0 Å². The Labute approximate surface area is 199 Å². The van der Waals surface area contributed by atoms with Gasteiger partial charge in [-0.2, -0.15) is 0 Å². The topological polar surface area (TPSA) is 79.0 Å². The van der Waals surface area contributed by atoms with E-state index in [1.165, 1.54) is 26.2 Å². The number of nitrogens with zero attached hydrogens (tertiary/aromatic N) is 2. The van der Waals surface area contributed by atoms with Crippen LogP contribution in [0, 0.1) is 0 Å². The highest BCUT2D eigenvalue weighted by Gasteiger charge is 2.22. The fourth-order valence-corrected chi connectivity index (χ4v) is 4.74. The summed E-state index contributed by atoms with van der Waals surface area (Å²) in [5, 5.41) is 3.96. The standard InChI is InChI=1S/C22H27Cl2N3O4S/c1-26(2)32(29,30)19-5-3-4-16(10-19)12-22(28)25-13-18-15-27(8-9-31-18)14-17-6-7-20(23)21(24)11-17/h3-7,10-11,18H,8-9,12-15H2,1-2H3,(H,25,28)/t18-/m1/s1. The molecule has 1 aliphatic heterocycles. The van der Waals surface area contributed by atoms with Crippen molar-refractivity contribution in [2.45, 2.75) is 24.0 Å². The molecule has 0 unspecified atom stereocenters. The number of benzene rings is 2. The highest BCUT2D eigenvalue weighted by Crippen LogP contribution is 2.23. The summed E-state index contributed by atoms with van der Waals surface area (Å²) in [6, 6.07) is 12.0. The van der Waals surface area contributed by atoms with E-state index in [1.807, 2.05) is 12.1 Å². The summed E-state index contributed by atoms with van der Waals surface area (Å²) >= 11 is 12.1. The number of halogens is 2. The molecule has 0 bridgehead atoms. The second-order valence-electron chi connectivity index (χ2n) is 7.89. The lowest BCUT2D eigenvalue weighted by molar-refractivity contribution is -0.121. The number of hydrogen-bond donors (Lipinski definition) is 1. The number of amides is 1. The molecule has 3 rings (SSSR count). The van der Waals surface area contributed by atoms with Crippen molar-refractivity contribution in [3.63, 3.8) is 0 Å². The molecule has 1 heterocycles. The number of morpholine rings is 1. The molecule has 0 spiro atoms. The van der Waals surface area contributed by atoms with Crippen molar-refractivity contribution < 1.29 is 17.9 Å². The number of hydrogen-bond acceptors (Lipinski definition) is 5. The second-order valence-corrected chi connectivity index (χ2v) is 10.9. The zero-order valence-corrected chi connectivity index (χ0v) is 20.4. The Kier molecular flexibility index (Phi) is 8.55. The molecule has 2 aromatic carbocycles. The van der Waals surface area contributed by atoms with Crippen LogP contribution in [0.1, 0.15) is 11.1 Å². The Morgan fingerprint density at radius 1 is 1.16 bits per heavy atom. The van der Waals surface area contributed by atoms with E-state index < -0.39 is 10.0 Å². The van der Waals surface area contributed by atoms with Crippen LogP contribution in [-0.2, 0) is 32.5 Å². The highest BCUT2D eigenvalue weighted by atomic mass is 35.5. The number of carbonyl (C=O) groups excluding carboxylic acids is 1. The summed E-state index contributed by atoms with van der Waals surface area (Å²) in [5.74, 6) is -0.186. The molecule has 1 aliphatic rings. The molecule has 0 radical (unpaired) electrons. The van der Waals surface area contributed by atoms with Crippen LogP contribution in [0.5, 0.6) is 0 Å². The molecular formula is C22H27Cl2N3O4S. The molecule has 1 saturated heterocycles. The minimum Gasteiger partial charge on any atom is -0.374 e. The lowest BCUT2D eigenvalue weighted by Crippen LogP contribution is -2.47. The summed E-state index contributed by atoms with van der Waals surface area (Å²) in [6.45, 7) is 3.14. The maximum Gasteiger partial charge on any atom is 0.242 e. The SMILES string of the molecule is CN(C)S(=O)(=O)c1cccc(CC(=O)NC[C@@H]2CN(Cc3ccc(Cl)c(Cl)c3)CCO2)c1. The fraction of sp³-hybridized carbons (Fsp3) is 0.409. The second kappa shape index (κ2) is 11.0. The molecule has 1 amide bonds. The van der Waals surface area contributed by atoms with Crippen molar-refractivity contribution in [2.75, 3.05) is 40.3 Å². The summed E-state index contributed by atoms with van der Waals surface area (Å²) in [7, 11) is -0.589. The predicted molar refractivity (Wildman–Crippen MR) is 126 cm³/mol. The van der Waals surface area contributed by atoms with Gasteiger partial charge in [-0.3, -0.25) is 9.69 Å². The fourth-order valence-electron chi connectivity index (χ4n) is 3.45. The largest absolute Gasteiger partial charge is 0.374 e. The van der Waals surface area contributed by atoms with Crippen molar-refractivity contribution >= 4 is 39.1 Å². The van der Waals surface area contributed by atoms with Crippen LogP contribution in [0.2, 0.25) is 10.0 Å². The molecule has 10 heteroatoms. The van der Waals surface area contributed by atoms with Gasteiger partial charge in [0.25, 0.3) is 0 Å². The van der Waals surface area contributed by atoms with Crippen LogP contribution >= 0.6 is 23.2 Å². The van der Waals surface area contributed by atoms with Crippen LogP contribution in [0.25, 0.3) is 0 Å². The molecule has 174 valence electrons. The van der Waals surface area contributed by atoms with Gasteiger partial charge in [0.1, 0.15) is 0 Å². The predicted octanol–water partition coefficient (Wildman–Crippen LogP) is 2.80. The van der Waals surface area contributed by atoms with Crippen molar-refractivity contribution in [3.05, 3.63) is 63.6 Å². The van der Waals surface area contributed by atoms with Crippen LogP contribution in [-0.4, -0.2) is 70.0 Å². The van der Waals surface area contributed by atoms with Gasteiger partial charge in [0.05, 0.1) is 34.1 Å². The number of rotatable bonds is 8. The number of ether oxygens (including phenoxy) is 1. The Morgan fingerprint density at radius 2 is 1.94 bits per heavy atom. The van der Waals surface area contributed by atoms with Crippen LogP contribution in [0.3, 0.4) is 0 Å². The lowest BCUT2D eigenvalue weighted by atomic mass is 10.1. The molecule has 32 heavy (non-hydrogen) atoms. The molecule has 1 fully saturated rings. The lowest BCUT2D eigenvalue weighted by Gasteiger charge is -2.33. The van der Waals surface area contributed by atoms with Gasteiger partial charge in [-0.15, -0.1) is 0 Å². The summed E-state index contributed by atoms with van der Waals surface area (Å²) in [6.07, 6.45) is -0.0350. The summed E-state index contributed by atoms with van der Waals surface area (Å²) < 4.78 is 31.5. The van der Waals surface area contributed by atoms with Crippen LogP contribution in [0.15, 0.2) is 47.4 Å². The van der Waals surface area contributed by atoms with E-state index in [2.05, 4.69) is 10.2 Å². The van der Waals surface area contributed by atoms with Crippen LogP contribution in [0.4, 0.5) is 0 Å². The molecule has 0 aromatic heterocycles. The summed E-state index contributed by atoms with van der Waals surface area (Å²) in [4.78, 5) is 14.8. The molecule has 7 nitrogen and oxygen atoms in total. The van der Waals surface area contributed by atoms with E-state index in [4.69, 9.17) is 27.9 Å². The first-order valence-corrected chi connectivity index (χ1v) is 12.4. The zero-order chi connectivity index (χ0) is 23.3. The third kappa shape index (κ3) is 6.66. The highest BCUT2D eigenvalue weighted by molar-refractivity contribution is 7.89. The van der Waals surface area contributed by atoms with Crippen molar-refractivity contribution in [3.8, 4) is 0 Å². The first kappa shape index (κ1) is 25.0. The Hall–Kier alpha value is -1.68. The molecule has 0 saturated carbocycles. The average Bonchev–Trinajstić information content (AvgIpc) is 2.75. The first-order chi connectivity index (χ1) is 15.1. The maximum atomic E-state index is 12.4. The van der Waals surface area contributed by atoms with Gasteiger partial charge < -0.3 is 10.1 Å². The van der Waals surface area contributed by atoms with Crippen molar-refractivity contribution in [1.82, 2.24) is 14.5 Å². The third-order valence-electron chi connectivity index (χ3n) is 5.18. The van der Waals surface area contributed by atoms with E-state index in [1.54, 1.807) is 18.2 Å². The molecular weight excluding hydrogens is 473 g/mol. The van der Waals surface area contributed by atoms with E-state index in [9.17, 15) is 13.2 Å². The van der Waals surface area contributed by atoms with E-state index in [-0.39, 0.29) is 23.3 Å². The maximum absolute atomic E-state index is 12.4. The number of carbonyl (C=O) groups is 1. The van der Waals surface area contributed by atoms with Gasteiger partial charge in [0, 0.05) is 40.3 Å². The van der Waals surface area contributed by atoms with Gasteiger partial charge in [-0.1, -0.05) is 41.4 Å². The average molecular weight is 500 g/mol. The van der Waals surface area contributed by atoms with Gasteiger partial charge >= 0.3 is 0 Å². The minimum atomic E-state index is -3.54. The number of nitrogens with one attached hydrogen (secondary N) is 1. The smallest absolute Gasteiger partial charge is 0.242 e. The Morgan fingerprint density at radius 3 is 2.66 bits per heavy atom. The van der Waals surface area contributed by atoms with Gasteiger partial charge in [-0.25, -0.2) is 12.7 Å². The monoisotopic (exact) mass is 499 g/mol. The normalized spacial score (nSPS) is 17.5. The van der Waals surface area contributed by atoms with Gasteiger partial charge in [0.2, 0.25) is 15.9 Å². The van der Waals surface area contributed by atoms with Crippen molar-refractivity contribution in [2.24, 2.45) is 0 Å². The minimum absolute atomic E-state index is 0.0937. The molecule has 0 aliphatic carbocycles. The zero-order valence-electron chi connectivity index (χ0n) is 18.1. The van der Waals surface area contributed by atoms with E-state index in [0.717, 1.165) is 23.0 Å². The Bertz CT molecular complexity index is 1060. The number of sulfonamides is 1.